The summed E-state index contributed by atoms with van der Waals surface area (Å²) in [5.41, 5.74) is 5.06. The number of carbonyl (C=O) groups is 1. The van der Waals surface area contributed by atoms with E-state index in [0.29, 0.717) is 12.5 Å². The van der Waals surface area contributed by atoms with Crippen molar-refractivity contribution < 1.29 is 9.53 Å². The molecule has 0 aliphatic heterocycles. The van der Waals surface area contributed by atoms with Crippen LogP contribution < -0.4 is 16.4 Å². The van der Waals surface area contributed by atoms with Gasteiger partial charge in [0.1, 0.15) is 5.60 Å². The summed E-state index contributed by atoms with van der Waals surface area (Å²) in [5, 5.41) is 5.76. The fraction of sp³-hybridized carbons (Fsp3) is 0.833. The van der Waals surface area contributed by atoms with Gasteiger partial charge in [-0.25, -0.2) is 4.79 Å². The Bertz CT molecular complexity index is 284. The van der Waals surface area contributed by atoms with Gasteiger partial charge in [-0.15, -0.1) is 0 Å². The molecule has 0 aliphatic rings. The highest BCUT2D eigenvalue weighted by atomic mass is 16.6. The lowest BCUT2D eigenvalue weighted by molar-refractivity contribution is 0.0502. The maximum Gasteiger partial charge on any atom is 0.407 e. The molecule has 0 saturated carbocycles. The van der Waals surface area contributed by atoms with Crippen molar-refractivity contribution in [3.63, 3.8) is 0 Å². The topological polar surface area (TPSA) is 88.7 Å². The molecule has 0 spiro atoms. The van der Waals surface area contributed by atoms with E-state index < -0.39 is 11.7 Å². The molecule has 4 N–H and O–H groups in total. The fourth-order valence-corrected chi connectivity index (χ4v) is 1.35. The summed E-state index contributed by atoms with van der Waals surface area (Å²) in [7, 11) is 1.61. The van der Waals surface area contributed by atoms with Crippen LogP contribution >= 0.6 is 0 Å². The smallest absolute Gasteiger partial charge is 0.407 e. The molecule has 1 atom stereocenters. The van der Waals surface area contributed by atoms with Gasteiger partial charge in [0.15, 0.2) is 5.96 Å². The van der Waals surface area contributed by atoms with E-state index in [2.05, 4.69) is 22.5 Å². The third-order valence-corrected chi connectivity index (χ3v) is 2.13. The van der Waals surface area contributed by atoms with Crippen LogP contribution in [0.5, 0.6) is 0 Å². The highest BCUT2D eigenvalue weighted by molar-refractivity contribution is 5.77. The lowest BCUT2D eigenvalue weighted by atomic mass is 10.1. The first-order chi connectivity index (χ1) is 8.28. The van der Waals surface area contributed by atoms with Gasteiger partial charge in [-0.3, -0.25) is 4.99 Å². The number of hydrogen-bond acceptors (Lipinski definition) is 3. The summed E-state index contributed by atoms with van der Waals surface area (Å²) in [6, 6.07) is -0.0230. The molecule has 0 aliphatic carbocycles. The van der Waals surface area contributed by atoms with Crippen molar-refractivity contribution in [3.05, 3.63) is 0 Å². The van der Waals surface area contributed by atoms with Crippen LogP contribution in [0, 0.1) is 0 Å². The monoisotopic (exact) mass is 258 g/mol. The number of amides is 1. The summed E-state index contributed by atoms with van der Waals surface area (Å²) >= 11 is 0. The van der Waals surface area contributed by atoms with Crippen LogP contribution in [-0.4, -0.2) is 37.3 Å². The zero-order valence-electron chi connectivity index (χ0n) is 12.0. The lowest BCUT2D eigenvalue weighted by Crippen LogP contribution is -2.46. The summed E-state index contributed by atoms with van der Waals surface area (Å²) in [4.78, 5) is 15.4. The van der Waals surface area contributed by atoms with Gasteiger partial charge >= 0.3 is 6.09 Å². The molecule has 6 heteroatoms. The molecular weight excluding hydrogens is 232 g/mol. The molecule has 0 fully saturated rings. The number of nitrogens with two attached hydrogens (primary N) is 1. The fourth-order valence-electron chi connectivity index (χ4n) is 1.35. The van der Waals surface area contributed by atoms with Gasteiger partial charge in [-0.1, -0.05) is 13.3 Å². The largest absolute Gasteiger partial charge is 0.444 e. The second-order valence-corrected chi connectivity index (χ2v) is 5.12. The number of nitrogens with zero attached hydrogens (tertiary/aromatic N) is 1. The van der Waals surface area contributed by atoms with Crippen molar-refractivity contribution in [2.45, 2.75) is 52.2 Å². The van der Waals surface area contributed by atoms with Gasteiger partial charge in [0.2, 0.25) is 0 Å². The molecule has 0 aromatic heterocycles. The predicted octanol–water partition coefficient (Wildman–Crippen LogP) is 1.21. The molecule has 0 radical (unpaired) electrons. The minimum atomic E-state index is -0.488. The third kappa shape index (κ3) is 8.66. The van der Waals surface area contributed by atoms with Crippen LogP contribution in [0.2, 0.25) is 0 Å². The molecule has 6 nitrogen and oxygen atoms in total. The van der Waals surface area contributed by atoms with E-state index in [0.717, 1.165) is 12.8 Å². The summed E-state index contributed by atoms with van der Waals surface area (Å²) in [5.74, 6) is 0.363. The molecule has 106 valence electrons. The Morgan fingerprint density at radius 1 is 1.44 bits per heavy atom. The number of nitrogens with one attached hydrogen (secondary N) is 2. The Kier molecular flexibility index (Phi) is 7.16. The molecule has 18 heavy (non-hydrogen) atoms. The van der Waals surface area contributed by atoms with Crippen molar-refractivity contribution in [2.24, 2.45) is 10.7 Å². The SMILES string of the molecule is CCCC(CNC(N)=NC)NC(=O)OC(C)(C)C. The van der Waals surface area contributed by atoms with Crippen LogP contribution in [0.25, 0.3) is 0 Å². The number of alkyl carbamates (subject to hydrolysis) is 1. The molecule has 0 heterocycles. The number of hydrogen-bond donors (Lipinski definition) is 3. The zero-order chi connectivity index (χ0) is 14.2. The summed E-state index contributed by atoms with van der Waals surface area (Å²) in [6.45, 7) is 8.10. The van der Waals surface area contributed by atoms with Crippen molar-refractivity contribution in [3.8, 4) is 0 Å². The molecule has 1 amide bonds. The number of ether oxygens (including phenoxy) is 1. The second kappa shape index (κ2) is 7.79. The van der Waals surface area contributed by atoms with Gasteiger partial charge in [0, 0.05) is 19.6 Å². The molecule has 0 aromatic rings. The summed E-state index contributed by atoms with van der Waals surface area (Å²) in [6.07, 6.45) is 1.41. The maximum absolute atomic E-state index is 11.6. The van der Waals surface area contributed by atoms with Crippen LogP contribution in [0.4, 0.5) is 4.79 Å². The average molecular weight is 258 g/mol. The van der Waals surface area contributed by atoms with E-state index in [1.807, 2.05) is 20.8 Å². The number of rotatable bonds is 5. The van der Waals surface area contributed by atoms with Gasteiger partial charge in [0.25, 0.3) is 0 Å². The van der Waals surface area contributed by atoms with E-state index in [-0.39, 0.29) is 6.04 Å². The Morgan fingerprint density at radius 3 is 2.50 bits per heavy atom. The lowest BCUT2D eigenvalue weighted by Gasteiger charge is -2.23. The average Bonchev–Trinajstić information content (AvgIpc) is 2.23. The van der Waals surface area contributed by atoms with Crippen molar-refractivity contribution in [2.75, 3.05) is 13.6 Å². The minimum absolute atomic E-state index is 0.0230. The first-order valence-electron chi connectivity index (χ1n) is 6.24. The normalized spacial score (nSPS) is 13.9. The zero-order valence-corrected chi connectivity index (χ0v) is 12.0. The van der Waals surface area contributed by atoms with Crippen LogP contribution in [0.3, 0.4) is 0 Å². The Hall–Kier alpha value is -1.46. The first-order valence-corrected chi connectivity index (χ1v) is 6.24. The molecular formula is C12H26N4O2. The Morgan fingerprint density at radius 2 is 2.06 bits per heavy atom. The van der Waals surface area contributed by atoms with Gasteiger partial charge in [-0.2, -0.15) is 0 Å². The summed E-state index contributed by atoms with van der Waals surface area (Å²) < 4.78 is 5.21. The van der Waals surface area contributed by atoms with E-state index >= 15 is 0 Å². The van der Waals surface area contributed by atoms with Crippen LogP contribution in [0.1, 0.15) is 40.5 Å². The quantitative estimate of drug-likeness (QED) is 0.511. The molecule has 0 rings (SSSR count). The van der Waals surface area contributed by atoms with Crippen LogP contribution in [0.15, 0.2) is 4.99 Å². The molecule has 0 saturated heterocycles. The minimum Gasteiger partial charge on any atom is -0.444 e. The van der Waals surface area contributed by atoms with E-state index in [1.54, 1.807) is 7.05 Å². The highest BCUT2D eigenvalue weighted by Gasteiger charge is 2.19. The highest BCUT2D eigenvalue weighted by Crippen LogP contribution is 2.07. The number of aliphatic imine (C=N–C) groups is 1. The van der Waals surface area contributed by atoms with E-state index in [4.69, 9.17) is 10.5 Å². The van der Waals surface area contributed by atoms with Crippen LogP contribution in [-0.2, 0) is 4.74 Å². The first kappa shape index (κ1) is 16.5. The number of guanidine groups is 1. The van der Waals surface area contributed by atoms with Crippen molar-refractivity contribution in [1.29, 1.82) is 0 Å². The second-order valence-electron chi connectivity index (χ2n) is 5.12. The number of carbonyl (C=O) groups excluding carboxylic acids is 1. The molecule has 0 aromatic carbocycles. The maximum atomic E-state index is 11.6. The van der Waals surface area contributed by atoms with Gasteiger partial charge in [-0.05, 0) is 27.2 Å². The Balaban J connectivity index is 4.22. The van der Waals surface area contributed by atoms with E-state index in [9.17, 15) is 4.79 Å². The third-order valence-electron chi connectivity index (χ3n) is 2.13. The predicted molar refractivity (Wildman–Crippen MR) is 73.6 cm³/mol. The molecule has 1 unspecified atom stereocenters. The van der Waals surface area contributed by atoms with Crippen molar-refractivity contribution in [1.82, 2.24) is 10.6 Å². The Labute approximate surface area is 109 Å². The van der Waals surface area contributed by atoms with Crippen molar-refractivity contribution >= 4 is 12.1 Å². The molecule has 0 bridgehead atoms. The van der Waals surface area contributed by atoms with Gasteiger partial charge < -0.3 is 21.1 Å². The van der Waals surface area contributed by atoms with E-state index in [1.165, 1.54) is 0 Å². The van der Waals surface area contributed by atoms with Gasteiger partial charge in [0.05, 0.1) is 0 Å². The standard InChI is InChI=1S/C12H26N4O2/c1-6-7-9(8-15-10(13)14-5)16-11(17)18-12(2,3)4/h9H,6-8H2,1-5H3,(H,16,17)(H3,13,14,15).